The summed E-state index contributed by atoms with van der Waals surface area (Å²) in [5.74, 6) is -0.0846. The average molecular weight is 259 g/mol. The normalized spacial score (nSPS) is 15.9. The van der Waals surface area contributed by atoms with Crippen LogP contribution < -0.4 is 0 Å². The van der Waals surface area contributed by atoms with Crippen LogP contribution in [0.25, 0.3) is 0 Å². The molecule has 0 saturated carbocycles. The zero-order valence-electron chi connectivity index (χ0n) is 8.01. The fourth-order valence-electron chi connectivity index (χ4n) is 1.15. The van der Waals surface area contributed by atoms with Gasteiger partial charge in [-0.2, -0.15) is 0 Å². The Morgan fingerprint density at radius 2 is 2.29 bits per heavy atom. The molecule has 0 bridgehead atoms. The van der Waals surface area contributed by atoms with E-state index in [-0.39, 0.29) is 32.0 Å². The van der Waals surface area contributed by atoms with Gasteiger partial charge in [0.05, 0.1) is 18.6 Å². The summed E-state index contributed by atoms with van der Waals surface area (Å²) in [5, 5.41) is 10.4. The molecule has 0 aromatic heterocycles. The van der Waals surface area contributed by atoms with Gasteiger partial charge >= 0.3 is 0 Å². The quantitative estimate of drug-likeness (QED) is 0.379. The number of hydrogen-bond acceptors (Lipinski definition) is 4. The van der Waals surface area contributed by atoms with E-state index in [1.54, 1.807) is 0 Å². The van der Waals surface area contributed by atoms with E-state index in [0.717, 1.165) is 6.42 Å². The summed E-state index contributed by atoms with van der Waals surface area (Å²) in [6, 6.07) is 0. The molecule has 0 spiro atoms. The maximum atomic E-state index is 10.4. The van der Waals surface area contributed by atoms with Gasteiger partial charge < -0.3 is 9.05 Å². The van der Waals surface area contributed by atoms with Gasteiger partial charge in [-0.3, -0.25) is 10.1 Å². The molecule has 0 amide bonds. The number of hydrogen-bond donors (Lipinski definition) is 0. The second-order valence-corrected chi connectivity index (χ2v) is 4.30. The Balaban J connectivity index is 4.16. The maximum Gasteiger partial charge on any atom is 0.209 e. The van der Waals surface area contributed by atoms with Crippen LogP contribution in [-0.4, -0.2) is 24.2 Å². The van der Waals surface area contributed by atoms with E-state index >= 15 is 0 Å². The number of nitrogens with zero attached hydrogens (tertiary/aromatic N) is 1. The number of nitro groups is 1. The Kier molecular flexibility index (Phi) is 9.27. The van der Waals surface area contributed by atoms with Crippen molar-refractivity contribution < 1.29 is 14.0 Å². The SMILES string of the molecule is CC[C@@H](C[N+](=O)[O-])[C@H](COP)OPP. The fraction of sp³-hybridized carbons (Fsp3) is 1.00. The summed E-state index contributed by atoms with van der Waals surface area (Å²) in [6.45, 7) is 2.22. The van der Waals surface area contributed by atoms with Crippen molar-refractivity contribution in [2.75, 3.05) is 13.2 Å². The van der Waals surface area contributed by atoms with Gasteiger partial charge in [0.15, 0.2) is 0 Å². The molecule has 14 heavy (non-hydrogen) atoms. The third-order valence-electron chi connectivity index (χ3n) is 1.91. The van der Waals surface area contributed by atoms with E-state index in [4.69, 9.17) is 9.05 Å². The molecule has 0 saturated heterocycles. The molecule has 0 aliphatic carbocycles. The largest absolute Gasteiger partial charge is 0.363 e. The standard InChI is InChI=1S/C6H16NO4P3/c1-2-5(3-7(8)9)6(4-10-12)11-14-13/h5-6,14H,2-4,12-13H2,1H3/t5-,6-/m0/s1. The van der Waals surface area contributed by atoms with Gasteiger partial charge in [0.1, 0.15) is 0 Å². The topological polar surface area (TPSA) is 61.6 Å². The van der Waals surface area contributed by atoms with Gasteiger partial charge in [0.25, 0.3) is 0 Å². The van der Waals surface area contributed by atoms with E-state index in [0.29, 0.717) is 6.61 Å². The third kappa shape index (κ3) is 6.16. The zero-order valence-corrected chi connectivity index (χ0v) is 11.3. The van der Waals surface area contributed by atoms with Gasteiger partial charge in [-0.15, -0.1) is 0 Å². The minimum Gasteiger partial charge on any atom is -0.363 e. The minimum atomic E-state index is -0.306. The van der Waals surface area contributed by atoms with Crippen molar-refractivity contribution in [2.24, 2.45) is 5.92 Å². The lowest BCUT2D eigenvalue weighted by Gasteiger charge is -2.21. The highest BCUT2D eigenvalue weighted by Gasteiger charge is 2.25. The smallest absolute Gasteiger partial charge is 0.209 e. The monoisotopic (exact) mass is 259 g/mol. The summed E-state index contributed by atoms with van der Waals surface area (Å²) in [7, 11) is 4.83. The molecule has 0 N–H and O–H groups in total. The highest BCUT2D eigenvalue weighted by atomic mass is 32.0. The molecule has 0 aliphatic rings. The molecule has 0 rings (SSSR count). The maximum absolute atomic E-state index is 10.4. The van der Waals surface area contributed by atoms with Gasteiger partial charge in [0, 0.05) is 22.9 Å². The fourth-order valence-corrected chi connectivity index (χ4v) is 2.30. The summed E-state index contributed by atoms with van der Waals surface area (Å²) in [4.78, 5) is 10.1. The van der Waals surface area contributed by atoms with Crippen molar-refractivity contribution in [1.29, 1.82) is 0 Å². The van der Waals surface area contributed by atoms with Crippen molar-refractivity contribution in [2.45, 2.75) is 19.4 Å². The highest BCUT2D eigenvalue weighted by molar-refractivity contribution is 8.00. The molecular weight excluding hydrogens is 243 g/mol. The molecule has 0 aromatic carbocycles. The van der Waals surface area contributed by atoms with Gasteiger partial charge in [0.2, 0.25) is 6.54 Å². The van der Waals surface area contributed by atoms with Crippen molar-refractivity contribution in [3.63, 3.8) is 0 Å². The minimum absolute atomic E-state index is 0.0651. The molecule has 0 radical (unpaired) electrons. The van der Waals surface area contributed by atoms with Crippen LogP contribution in [0.15, 0.2) is 0 Å². The lowest BCUT2D eigenvalue weighted by Crippen LogP contribution is -2.30. The molecule has 5 atom stereocenters. The van der Waals surface area contributed by atoms with Gasteiger partial charge in [-0.25, -0.2) is 0 Å². The van der Waals surface area contributed by atoms with Crippen LogP contribution in [0.5, 0.6) is 0 Å². The lowest BCUT2D eigenvalue weighted by atomic mass is 10.0. The van der Waals surface area contributed by atoms with E-state index in [2.05, 4.69) is 18.4 Å². The average Bonchev–Trinajstić information content (AvgIpc) is 2.13. The van der Waals surface area contributed by atoms with Crippen LogP contribution in [0.3, 0.4) is 0 Å². The van der Waals surface area contributed by atoms with Crippen LogP contribution in [0.1, 0.15) is 13.3 Å². The molecule has 5 nitrogen and oxygen atoms in total. The van der Waals surface area contributed by atoms with Crippen LogP contribution in [0.2, 0.25) is 0 Å². The van der Waals surface area contributed by atoms with E-state index in [1.807, 2.05) is 6.92 Å². The van der Waals surface area contributed by atoms with E-state index < -0.39 is 0 Å². The molecule has 0 aliphatic heterocycles. The Hall–Kier alpha value is 0.610. The summed E-state index contributed by atoms with van der Waals surface area (Å²) in [5.41, 5.74) is 0. The molecular formula is C6H16NO4P3. The predicted molar refractivity (Wildman–Crippen MR) is 64.2 cm³/mol. The molecule has 0 fully saturated rings. The van der Waals surface area contributed by atoms with Crippen molar-refractivity contribution in [3.8, 4) is 0 Å². The van der Waals surface area contributed by atoms with Gasteiger partial charge in [-0.1, -0.05) is 15.9 Å². The van der Waals surface area contributed by atoms with Crippen LogP contribution in [-0.2, 0) is 9.05 Å². The summed E-state index contributed by atoms with van der Waals surface area (Å²) >= 11 is 0. The molecule has 0 aromatic rings. The Bertz CT molecular complexity index is 165. The van der Waals surface area contributed by atoms with Crippen LogP contribution >= 0.6 is 26.9 Å². The first-order chi connectivity index (χ1) is 6.65. The first-order valence-electron chi connectivity index (χ1n) is 4.20. The van der Waals surface area contributed by atoms with E-state index in [9.17, 15) is 10.1 Å². The Morgan fingerprint density at radius 1 is 1.64 bits per heavy atom. The lowest BCUT2D eigenvalue weighted by molar-refractivity contribution is -0.490. The highest BCUT2D eigenvalue weighted by Crippen LogP contribution is 2.28. The zero-order chi connectivity index (χ0) is 11.0. The van der Waals surface area contributed by atoms with Crippen molar-refractivity contribution >= 4 is 26.9 Å². The Morgan fingerprint density at radius 3 is 2.64 bits per heavy atom. The molecule has 84 valence electrons. The Labute approximate surface area is 90.1 Å². The van der Waals surface area contributed by atoms with Gasteiger partial charge in [-0.05, 0) is 6.42 Å². The number of rotatable bonds is 8. The van der Waals surface area contributed by atoms with Crippen LogP contribution in [0.4, 0.5) is 0 Å². The second-order valence-electron chi connectivity index (χ2n) is 2.79. The predicted octanol–water partition coefficient (Wildman–Crippen LogP) is 1.86. The molecule has 8 heteroatoms. The van der Waals surface area contributed by atoms with Crippen LogP contribution in [0, 0.1) is 16.0 Å². The molecule has 0 heterocycles. The first kappa shape index (κ1) is 14.6. The van der Waals surface area contributed by atoms with E-state index in [1.165, 1.54) is 0 Å². The summed E-state index contributed by atoms with van der Waals surface area (Å²) < 4.78 is 10.3. The van der Waals surface area contributed by atoms with Crippen molar-refractivity contribution in [1.82, 2.24) is 0 Å². The second kappa shape index (κ2) is 8.88. The first-order valence-corrected chi connectivity index (χ1v) is 7.39. The summed E-state index contributed by atoms with van der Waals surface area (Å²) in [6.07, 6.45) is 0.521. The third-order valence-corrected chi connectivity index (χ3v) is 2.95. The van der Waals surface area contributed by atoms with Crippen molar-refractivity contribution in [3.05, 3.63) is 10.1 Å². The molecule has 3 unspecified atom stereocenters.